The summed E-state index contributed by atoms with van der Waals surface area (Å²) in [5.74, 6) is -4.76. The molecule has 0 spiro atoms. The highest BCUT2D eigenvalue weighted by atomic mass is 19.2. The largest absolute Gasteiger partial charge is 0.465 e. The first-order chi connectivity index (χ1) is 9.01. The van der Waals surface area contributed by atoms with Crippen molar-refractivity contribution in [1.29, 1.82) is 0 Å². The van der Waals surface area contributed by atoms with Gasteiger partial charge in [0, 0.05) is 6.08 Å². The minimum Gasteiger partial charge on any atom is -0.427 e. The van der Waals surface area contributed by atoms with Gasteiger partial charge in [-0.25, -0.2) is 8.78 Å². The zero-order valence-corrected chi connectivity index (χ0v) is 10.0. The molecule has 2 N–H and O–H groups in total. The normalized spacial score (nSPS) is 26.1. The fourth-order valence-corrected chi connectivity index (χ4v) is 1.87. The van der Waals surface area contributed by atoms with Gasteiger partial charge in [0.05, 0.1) is 12.4 Å². The molecule has 2 rings (SSSR count). The first-order valence-corrected chi connectivity index (χ1v) is 5.81. The monoisotopic (exact) mass is 266 g/mol. The highest BCUT2D eigenvalue weighted by Crippen LogP contribution is 2.38. The first-order valence-electron chi connectivity index (χ1n) is 5.81. The van der Waals surface area contributed by atoms with E-state index in [4.69, 9.17) is 14.8 Å². The van der Waals surface area contributed by atoms with Crippen molar-refractivity contribution in [2.75, 3.05) is 0 Å². The van der Waals surface area contributed by atoms with E-state index in [2.05, 4.69) is 0 Å². The lowest BCUT2D eigenvalue weighted by molar-refractivity contribution is -0.119. The van der Waals surface area contributed by atoms with E-state index < -0.39 is 24.6 Å². The third kappa shape index (κ3) is 3.29. The van der Waals surface area contributed by atoms with Crippen LogP contribution in [-0.2, 0) is 11.3 Å². The quantitative estimate of drug-likeness (QED) is 0.821. The maximum Gasteiger partial charge on any atom is 0.465 e. The Labute approximate surface area is 110 Å². The third-order valence-corrected chi connectivity index (χ3v) is 2.88. The van der Waals surface area contributed by atoms with Gasteiger partial charge >= 0.3 is 7.12 Å². The molecule has 2 unspecified atom stereocenters. The number of halogens is 2. The van der Waals surface area contributed by atoms with E-state index in [0.29, 0.717) is 11.6 Å². The summed E-state index contributed by atoms with van der Waals surface area (Å²) in [4.78, 5) is 0. The van der Waals surface area contributed by atoms with Gasteiger partial charge in [-0.05, 0) is 11.6 Å². The lowest BCUT2D eigenvalue weighted by Gasteiger charge is -2.30. The van der Waals surface area contributed by atoms with E-state index in [-0.39, 0.29) is 6.61 Å². The Hall–Kier alpha value is -1.50. The van der Waals surface area contributed by atoms with Crippen molar-refractivity contribution in [3.05, 3.63) is 60.0 Å². The molecular weight excluding hydrogens is 253 g/mol. The van der Waals surface area contributed by atoms with Gasteiger partial charge in [0.25, 0.3) is 0 Å². The Balaban J connectivity index is 2.13. The summed E-state index contributed by atoms with van der Waals surface area (Å²) in [5.41, 5.74) is 0.703. The molecule has 0 saturated heterocycles. The van der Waals surface area contributed by atoms with Gasteiger partial charge in [-0.2, -0.15) is 0 Å². The zero-order chi connectivity index (χ0) is 13.9. The van der Waals surface area contributed by atoms with Crippen LogP contribution in [0.25, 0.3) is 0 Å². The molecule has 0 saturated carbocycles. The molecule has 1 aliphatic rings. The van der Waals surface area contributed by atoms with Gasteiger partial charge in [0.1, 0.15) is 5.83 Å². The SMILES string of the molecule is OB(O)C1C=CC(F)=CC1(F)OCc1ccccc1. The Kier molecular flexibility index (Phi) is 4.14. The van der Waals surface area contributed by atoms with Crippen LogP contribution >= 0.6 is 0 Å². The topological polar surface area (TPSA) is 49.7 Å². The Bertz CT molecular complexity index is 490. The summed E-state index contributed by atoms with van der Waals surface area (Å²) in [7, 11) is -1.97. The summed E-state index contributed by atoms with van der Waals surface area (Å²) in [6, 6.07) is 8.79. The van der Waals surface area contributed by atoms with Crippen LogP contribution in [-0.4, -0.2) is 23.0 Å². The van der Waals surface area contributed by atoms with E-state index >= 15 is 0 Å². The van der Waals surface area contributed by atoms with Crippen molar-refractivity contribution in [3.63, 3.8) is 0 Å². The molecular formula is C13H13BF2O3. The van der Waals surface area contributed by atoms with E-state index in [1.165, 1.54) is 0 Å². The van der Waals surface area contributed by atoms with E-state index in [1.54, 1.807) is 30.3 Å². The predicted octanol–water partition coefficient (Wildman–Crippen LogP) is 2.14. The predicted molar refractivity (Wildman–Crippen MR) is 67.3 cm³/mol. The van der Waals surface area contributed by atoms with Crippen LogP contribution in [0.3, 0.4) is 0 Å². The molecule has 100 valence electrons. The van der Waals surface area contributed by atoms with Gasteiger partial charge in [-0.1, -0.05) is 36.4 Å². The molecule has 0 aliphatic heterocycles. The molecule has 6 heteroatoms. The fourth-order valence-electron chi connectivity index (χ4n) is 1.87. The van der Waals surface area contributed by atoms with Crippen LogP contribution in [0.15, 0.2) is 54.4 Å². The fraction of sp³-hybridized carbons (Fsp3) is 0.231. The molecule has 0 bridgehead atoms. The summed E-state index contributed by atoms with van der Waals surface area (Å²) in [6.07, 6.45) is 2.64. The molecule has 1 aromatic carbocycles. The van der Waals surface area contributed by atoms with Gasteiger partial charge in [0.2, 0.25) is 5.85 Å². The van der Waals surface area contributed by atoms with Gasteiger partial charge < -0.3 is 14.8 Å². The highest BCUT2D eigenvalue weighted by Gasteiger charge is 2.46. The number of allylic oxidation sites excluding steroid dienone is 2. The van der Waals surface area contributed by atoms with Crippen molar-refractivity contribution in [2.24, 2.45) is 0 Å². The van der Waals surface area contributed by atoms with Crippen molar-refractivity contribution in [2.45, 2.75) is 18.3 Å². The van der Waals surface area contributed by atoms with Crippen LogP contribution in [0.1, 0.15) is 5.56 Å². The average molecular weight is 266 g/mol. The smallest absolute Gasteiger partial charge is 0.427 e. The van der Waals surface area contributed by atoms with Gasteiger partial charge in [-0.3, -0.25) is 0 Å². The number of rotatable bonds is 4. The zero-order valence-electron chi connectivity index (χ0n) is 10.0. The van der Waals surface area contributed by atoms with E-state index in [9.17, 15) is 8.78 Å². The number of benzene rings is 1. The maximum atomic E-state index is 14.5. The molecule has 0 radical (unpaired) electrons. The summed E-state index contributed by atoms with van der Waals surface area (Å²) in [5, 5.41) is 18.3. The average Bonchev–Trinajstić information content (AvgIpc) is 2.37. The van der Waals surface area contributed by atoms with E-state index in [1.807, 2.05) is 0 Å². The van der Waals surface area contributed by atoms with Crippen LogP contribution in [0.4, 0.5) is 8.78 Å². The number of ether oxygens (including phenoxy) is 1. The molecule has 0 heterocycles. The summed E-state index contributed by atoms with van der Waals surface area (Å²) < 4.78 is 32.7. The van der Waals surface area contributed by atoms with Gasteiger partial charge in [0.15, 0.2) is 0 Å². The lowest BCUT2D eigenvalue weighted by Crippen LogP contribution is -2.40. The number of alkyl halides is 1. The number of hydrogen-bond donors (Lipinski definition) is 2. The first kappa shape index (κ1) is 13.9. The van der Waals surface area contributed by atoms with E-state index in [0.717, 1.165) is 12.2 Å². The van der Waals surface area contributed by atoms with Crippen LogP contribution in [0, 0.1) is 0 Å². The molecule has 0 amide bonds. The molecule has 2 atom stereocenters. The van der Waals surface area contributed by atoms with Crippen molar-refractivity contribution in [3.8, 4) is 0 Å². The summed E-state index contributed by atoms with van der Waals surface area (Å²) >= 11 is 0. The van der Waals surface area contributed by atoms with Crippen molar-refractivity contribution < 1.29 is 23.6 Å². The maximum absolute atomic E-state index is 14.5. The second-order valence-corrected chi connectivity index (χ2v) is 4.30. The second kappa shape index (κ2) is 5.65. The van der Waals surface area contributed by atoms with Crippen molar-refractivity contribution in [1.82, 2.24) is 0 Å². The molecule has 0 fully saturated rings. The molecule has 0 aromatic heterocycles. The number of hydrogen-bond acceptors (Lipinski definition) is 3. The molecule has 3 nitrogen and oxygen atoms in total. The molecule has 19 heavy (non-hydrogen) atoms. The lowest BCUT2D eigenvalue weighted by atomic mass is 9.66. The Morgan fingerprint density at radius 2 is 1.95 bits per heavy atom. The minimum absolute atomic E-state index is 0.0990. The standard InChI is InChI=1S/C13H13BF2O3/c15-11-6-7-12(14(17)18)13(16,8-11)19-9-10-4-2-1-3-5-10/h1-8,12,17-18H,9H2. The molecule has 1 aromatic rings. The third-order valence-electron chi connectivity index (χ3n) is 2.88. The Morgan fingerprint density at radius 3 is 2.58 bits per heavy atom. The minimum atomic E-state index is -2.58. The van der Waals surface area contributed by atoms with Crippen molar-refractivity contribution >= 4 is 7.12 Å². The Morgan fingerprint density at radius 1 is 1.26 bits per heavy atom. The van der Waals surface area contributed by atoms with Gasteiger partial charge in [-0.15, -0.1) is 0 Å². The summed E-state index contributed by atoms with van der Waals surface area (Å²) in [6.45, 7) is -0.0990. The van der Waals surface area contributed by atoms with Crippen LogP contribution in [0.5, 0.6) is 0 Å². The van der Waals surface area contributed by atoms with Crippen LogP contribution < -0.4 is 0 Å². The van der Waals surface area contributed by atoms with Crippen LogP contribution in [0.2, 0.25) is 5.82 Å². The molecule has 1 aliphatic carbocycles. The second-order valence-electron chi connectivity index (χ2n) is 4.30. The highest BCUT2D eigenvalue weighted by molar-refractivity contribution is 6.44.